The number of nitrogens with two attached hydrogens (primary N) is 1. The Morgan fingerprint density at radius 3 is 2.94 bits per heavy atom. The third-order valence-corrected chi connectivity index (χ3v) is 8.74. The van der Waals surface area contributed by atoms with Gasteiger partial charge in [0.2, 0.25) is 0 Å². The van der Waals surface area contributed by atoms with Crippen LogP contribution in [0.3, 0.4) is 0 Å². The predicted molar refractivity (Wildman–Crippen MR) is 134 cm³/mol. The molecule has 2 atom stereocenters. The van der Waals surface area contributed by atoms with E-state index in [1.165, 1.54) is 28.6 Å². The van der Waals surface area contributed by atoms with E-state index < -0.39 is 29.2 Å². The fraction of sp³-hybridized carbons (Fsp3) is 0.273. The van der Waals surface area contributed by atoms with Crippen molar-refractivity contribution in [1.29, 1.82) is 0 Å². The van der Waals surface area contributed by atoms with Crippen LogP contribution in [0.15, 0.2) is 46.3 Å². The number of anilines is 1. The number of carboxylic acids is 1. The third-order valence-electron chi connectivity index (χ3n) is 5.70. The Balaban J connectivity index is 1.36. The molecule has 0 aromatic carbocycles. The fourth-order valence-corrected chi connectivity index (χ4v) is 6.96. The maximum Gasteiger partial charge on any atom is 0.276 e. The summed E-state index contributed by atoms with van der Waals surface area (Å²) in [5, 5.41) is 20.7. The minimum atomic E-state index is -1.43. The van der Waals surface area contributed by atoms with Crippen LogP contribution in [0.2, 0.25) is 0 Å². The van der Waals surface area contributed by atoms with Crippen molar-refractivity contribution < 1.29 is 28.9 Å². The van der Waals surface area contributed by atoms with Crippen LogP contribution in [-0.2, 0) is 25.8 Å². The van der Waals surface area contributed by atoms with E-state index in [1.807, 2.05) is 30.0 Å². The van der Waals surface area contributed by atoms with Crippen LogP contribution >= 0.6 is 34.4 Å². The van der Waals surface area contributed by atoms with Gasteiger partial charge in [0, 0.05) is 32.3 Å². The highest BCUT2D eigenvalue weighted by Gasteiger charge is 2.53. The van der Waals surface area contributed by atoms with E-state index in [4.69, 9.17) is 10.6 Å². The summed E-state index contributed by atoms with van der Waals surface area (Å²) < 4.78 is 3.04. The largest absolute Gasteiger partial charge is 0.543 e. The van der Waals surface area contributed by atoms with Gasteiger partial charge in [-0.05, 0) is 13.0 Å². The number of β-lactam (4-membered cyclic amide) rings is 1. The molecule has 0 spiro atoms. The normalized spacial score (nSPS) is 19.8. The molecule has 186 valence electrons. The first-order valence-corrected chi connectivity index (χ1v) is 13.4. The molecule has 1 unspecified atom stereocenters. The van der Waals surface area contributed by atoms with Crippen molar-refractivity contribution in [2.75, 3.05) is 18.6 Å². The number of aliphatic carboxylic acids is 1. The number of carboxylic acid groups (broad SMARTS) is 1. The maximum atomic E-state index is 13.0. The van der Waals surface area contributed by atoms with E-state index in [2.05, 4.69) is 21.5 Å². The van der Waals surface area contributed by atoms with Crippen LogP contribution in [0.1, 0.15) is 10.6 Å². The molecule has 0 saturated carbocycles. The summed E-state index contributed by atoms with van der Waals surface area (Å²) in [5.41, 5.74) is 6.14. The lowest BCUT2D eigenvalue weighted by Gasteiger charge is -2.50. The molecule has 5 heterocycles. The fourth-order valence-electron chi connectivity index (χ4n) is 4.18. The molecular weight excluding hydrogens is 524 g/mol. The van der Waals surface area contributed by atoms with E-state index >= 15 is 0 Å². The molecule has 0 aliphatic carbocycles. The molecule has 14 heteroatoms. The molecule has 2 aliphatic heterocycles. The zero-order chi connectivity index (χ0) is 25.6. The summed E-state index contributed by atoms with van der Waals surface area (Å²) in [6, 6.07) is 3.12. The number of thiazole rings is 1. The van der Waals surface area contributed by atoms with E-state index in [9.17, 15) is 19.5 Å². The van der Waals surface area contributed by atoms with Crippen molar-refractivity contribution in [2.45, 2.75) is 24.9 Å². The molecule has 3 N–H and O–H groups in total. The van der Waals surface area contributed by atoms with E-state index in [1.54, 1.807) is 16.7 Å². The predicted octanol–water partition coefficient (Wildman–Crippen LogP) is -0.00948. The van der Waals surface area contributed by atoms with E-state index in [0.29, 0.717) is 17.9 Å². The van der Waals surface area contributed by atoms with Crippen molar-refractivity contribution in [3.05, 3.63) is 51.7 Å². The second kappa shape index (κ2) is 9.52. The Kier molecular flexibility index (Phi) is 6.40. The number of nitrogen functional groups attached to an aromatic ring is 1. The summed E-state index contributed by atoms with van der Waals surface area (Å²) >= 11 is 4.19. The molecule has 2 aliphatic rings. The minimum absolute atomic E-state index is 0.135. The van der Waals surface area contributed by atoms with Crippen LogP contribution in [0.4, 0.5) is 5.13 Å². The highest BCUT2D eigenvalue weighted by Crippen LogP contribution is 2.40. The molecule has 1 saturated heterocycles. The Hall–Kier alpha value is -3.49. The Morgan fingerprint density at radius 1 is 1.44 bits per heavy atom. The van der Waals surface area contributed by atoms with Gasteiger partial charge in [0.15, 0.2) is 29.8 Å². The number of aryl methyl sites for hydroxylation is 1. The standard InChI is InChI=1S/C22H20N6O5S3/c1-10-5-11-6-27(4-3-14(11)36-10)7-12-8-34-20-16(19(30)28(20)17(12)21(31)32)25-18(29)15(26-33-2)13-9-35-22(23)24-13/h3-6,9,16,20H,7-8H2,1-2H3,(H3-,23,24,25,29,31,32)/t16?,20-/m0/s1. The molecular formula is C22H20N6O5S3. The number of pyridine rings is 1. The molecule has 36 heavy (non-hydrogen) atoms. The molecule has 5 rings (SSSR count). The highest BCUT2D eigenvalue weighted by molar-refractivity contribution is 8.00. The average molecular weight is 545 g/mol. The third kappa shape index (κ3) is 4.31. The monoisotopic (exact) mass is 544 g/mol. The van der Waals surface area contributed by atoms with Crippen LogP contribution in [-0.4, -0.2) is 57.7 Å². The van der Waals surface area contributed by atoms with Gasteiger partial charge in [0.1, 0.15) is 24.2 Å². The number of nitrogens with zero attached hydrogens (tertiary/aromatic N) is 4. The zero-order valence-electron chi connectivity index (χ0n) is 19.1. The van der Waals surface area contributed by atoms with Crippen molar-refractivity contribution in [3.63, 3.8) is 0 Å². The van der Waals surface area contributed by atoms with Gasteiger partial charge >= 0.3 is 0 Å². The van der Waals surface area contributed by atoms with Crippen LogP contribution in [0.5, 0.6) is 0 Å². The molecule has 3 aromatic heterocycles. The summed E-state index contributed by atoms with van der Waals surface area (Å²) in [5.74, 6) is -2.29. The van der Waals surface area contributed by atoms with Crippen molar-refractivity contribution in [1.82, 2.24) is 15.2 Å². The first kappa shape index (κ1) is 24.2. The summed E-state index contributed by atoms with van der Waals surface area (Å²) in [4.78, 5) is 49.1. The quantitative estimate of drug-likeness (QED) is 0.182. The van der Waals surface area contributed by atoms with E-state index in [-0.39, 0.29) is 22.2 Å². The van der Waals surface area contributed by atoms with Gasteiger partial charge in [-0.25, -0.2) is 9.55 Å². The summed E-state index contributed by atoms with van der Waals surface area (Å²) in [6.07, 6.45) is 3.84. The zero-order valence-corrected chi connectivity index (χ0v) is 21.5. The average Bonchev–Trinajstić information content (AvgIpc) is 3.44. The second-order valence-corrected chi connectivity index (χ2v) is 11.4. The summed E-state index contributed by atoms with van der Waals surface area (Å²) in [7, 11) is 1.28. The number of nitrogens with one attached hydrogen (secondary N) is 1. The molecule has 3 aromatic rings. The van der Waals surface area contributed by atoms with Gasteiger partial charge < -0.3 is 25.8 Å². The maximum absolute atomic E-state index is 13.0. The number of thioether (sulfide) groups is 1. The van der Waals surface area contributed by atoms with Crippen molar-refractivity contribution in [3.8, 4) is 0 Å². The molecule has 2 amide bonds. The number of aromatic nitrogens is 2. The summed E-state index contributed by atoms with van der Waals surface area (Å²) in [6.45, 7) is 2.33. The molecule has 1 fully saturated rings. The van der Waals surface area contributed by atoms with Gasteiger partial charge in [-0.15, -0.1) is 34.4 Å². The Morgan fingerprint density at radius 2 is 2.25 bits per heavy atom. The Bertz CT molecular complexity index is 1460. The number of carbonyl (C=O) groups excluding carboxylic acids is 3. The first-order chi connectivity index (χ1) is 17.3. The topological polar surface area (TPSA) is 154 Å². The smallest absolute Gasteiger partial charge is 0.276 e. The lowest BCUT2D eigenvalue weighted by Crippen LogP contribution is -2.71. The van der Waals surface area contributed by atoms with Crippen molar-refractivity contribution >= 4 is 73.1 Å². The van der Waals surface area contributed by atoms with Gasteiger partial charge in [-0.1, -0.05) is 5.16 Å². The van der Waals surface area contributed by atoms with Crippen molar-refractivity contribution in [2.24, 2.45) is 5.16 Å². The van der Waals surface area contributed by atoms with Gasteiger partial charge in [-0.3, -0.25) is 14.5 Å². The number of thiophene rings is 1. The van der Waals surface area contributed by atoms with Crippen LogP contribution < -0.4 is 20.7 Å². The number of carbonyl (C=O) groups is 3. The number of oxime groups is 1. The number of rotatable bonds is 7. The lowest BCUT2D eigenvalue weighted by atomic mass is 10.0. The minimum Gasteiger partial charge on any atom is -0.543 e. The number of fused-ring (bicyclic) bond motifs is 2. The van der Waals surface area contributed by atoms with Gasteiger partial charge in [0.25, 0.3) is 11.8 Å². The molecule has 0 radical (unpaired) electrons. The molecule has 0 bridgehead atoms. The van der Waals surface area contributed by atoms with Gasteiger partial charge in [0.05, 0.1) is 17.1 Å². The lowest BCUT2D eigenvalue weighted by molar-refractivity contribution is -0.687. The SMILES string of the molecule is CON=C(C(=O)NC1C(=O)N2C(C(=O)[O-])=C(C[n+]3ccc4sc(C)cc4c3)CS[C@@H]12)c1csc(N)n1. The first-order valence-electron chi connectivity index (χ1n) is 10.7. The number of amides is 2. The Labute approximate surface area is 217 Å². The number of hydrogen-bond donors (Lipinski definition) is 2. The second-order valence-electron chi connectivity index (χ2n) is 8.09. The van der Waals surface area contributed by atoms with E-state index in [0.717, 1.165) is 21.4 Å². The van der Waals surface area contributed by atoms with Crippen LogP contribution in [0, 0.1) is 6.92 Å². The highest BCUT2D eigenvalue weighted by atomic mass is 32.2. The van der Waals surface area contributed by atoms with Crippen LogP contribution in [0.25, 0.3) is 10.1 Å². The molecule has 11 nitrogen and oxygen atoms in total. The van der Waals surface area contributed by atoms with Gasteiger partial charge in [-0.2, -0.15) is 0 Å². The number of hydrogen-bond acceptors (Lipinski definition) is 11.